The number of amides is 4. The monoisotopic (exact) mass is 531 g/mol. The molecule has 10 nitrogen and oxygen atoms in total. The molecule has 4 aliphatic rings. The van der Waals surface area contributed by atoms with E-state index >= 15 is 0 Å². The molecule has 6 rings (SSSR count). The molecule has 0 bridgehead atoms. The summed E-state index contributed by atoms with van der Waals surface area (Å²) in [6, 6.07) is 6.90. The van der Waals surface area contributed by atoms with Gasteiger partial charge in [0.1, 0.15) is 0 Å². The Morgan fingerprint density at radius 3 is 2.79 bits per heavy atom. The average Bonchev–Trinajstić information content (AvgIpc) is 3.54. The maximum atomic E-state index is 13.5. The van der Waals surface area contributed by atoms with E-state index in [1.165, 1.54) is 17.8 Å². The minimum Gasteiger partial charge on any atom is -0.348 e. The van der Waals surface area contributed by atoms with Crippen LogP contribution in [0.5, 0.6) is 0 Å². The fourth-order valence-electron chi connectivity index (χ4n) is 5.95. The molecule has 0 aromatic carbocycles. The first kappa shape index (κ1) is 24.6. The fraction of sp³-hybridized carbons (Fsp3) is 0.370. The molecule has 196 valence electrons. The zero-order chi connectivity index (χ0) is 26.2. The number of urea groups is 1. The van der Waals surface area contributed by atoms with E-state index in [9.17, 15) is 14.4 Å². The van der Waals surface area contributed by atoms with Gasteiger partial charge in [-0.05, 0) is 62.6 Å². The predicted octanol–water partition coefficient (Wildman–Crippen LogP) is 2.28. The van der Waals surface area contributed by atoms with E-state index in [0.717, 1.165) is 49.2 Å². The number of carbonyl (C=O) groups excluding carboxylic acids is 3. The van der Waals surface area contributed by atoms with Gasteiger partial charge in [-0.1, -0.05) is 18.3 Å². The van der Waals surface area contributed by atoms with Gasteiger partial charge in [-0.2, -0.15) is 0 Å². The van der Waals surface area contributed by atoms with E-state index in [0.29, 0.717) is 10.6 Å². The molecule has 5 atom stereocenters. The van der Waals surface area contributed by atoms with Crippen LogP contribution in [0.1, 0.15) is 25.7 Å². The maximum Gasteiger partial charge on any atom is 0.326 e. The summed E-state index contributed by atoms with van der Waals surface area (Å²) >= 11 is 1.47. The van der Waals surface area contributed by atoms with E-state index < -0.39 is 0 Å². The summed E-state index contributed by atoms with van der Waals surface area (Å²) in [7, 11) is 0. The van der Waals surface area contributed by atoms with Crippen molar-refractivity contribution in [1.29, 1.82) is 0 Å². The lowest BCUT2D eigenvalue weighted by Crippen LogP contribution is -2.62. The highest BCUT2D eigenvalue weighted by Crippen LogP contribution is 2.48. The van der Waals surface area contributed by atoms with Gasteiger partial charge >= 0.3 is 6.03 Å². The van der Waals surface area contributed by atoms with Gasteiger partial charge in [-0.25, -0.2) is 4.79 Å². The molecule has 38 heavy (non-hydrogen) atoms. The molecule has 3 aliphatic heterocycles. The SMILES string of the molecule is C=CC(=O)N[C@H]1CCC[C@H]1NC(=O)C1=C2NC(=O)N(c3ccnc(-c4cccnc4)c3)C3CCNC(S1)C23. The molecule has 3 unspecified atom stereocenters. The van der Waals surface area contributed by atoms with Crippen LogP contribution in [0.15, 0.2) is 66.1 Å². The number of hydrogen-bond acceptors (Lipinski definition) is 7. The number of piperidine rings is 1. The van der Waals surface area contributed by atoms with Crippen molar-refractivity contribution in [3.63, 3.8) is 0 Å². The smallest absolute Gasteiger partial charge is 0.326 e. The van der Waals surface area contributed by atoms with Crippen molar-refractivity contribution >= 4 is 35.3 Å². The summed E-state index contributed by atoms with van der Waals surface area (Å²) in [5, 5.41) is 12.6. The van der Waals surface area contributed by atoms with Gasteiger partial charge in [-0.15, -0.1) is 0 Å². The summed E-state index contributed by atoms with van der Waals surface area (Å²) in [5.74, 6) is -0.503. The molecule has 2 aromatic heterocycles. The largest absolute Gasteiger partial charge is 0.348 e. The Morgan fingerprint density at radius 1 is 1.16 bits per heavy atom. The number of nitrogens with one attached hydrogen (secondary N) is 4. The third-order valence-corrected chi connectivity index (χ3v) is 9.03. The van der Waals surface area contributed by atoms with Gasteiger partial charge in [0.15, 0.2) is 0 Å². The Kier molecular flexibility index (Phi) is 6.62. The van der Waals surface area contributed by atoms with Gasteiger partial charge in [0.25, 0.3) is 5.91 Å². The van der Waals surface area contributed by atoms with E-state index in [2.05, 4.69) is 37.8 Å². The summed E-state index contributed by atoms with van der Waals surface area (Å²) in [6.07, 6.45) is 9.69. The molecule has 2 saturated heterocycles. The summed E-state index contributed by atoms with van der Waals surface area (Å²) < 4.78 is 0. The Morgan fingerprint density at radius 2 is 2.00 bits per heavy atom. The van der Waals surface area contributed by atoms with Crippen molar-refractivity contribution in [2.24, 2.45) is 5.92 Å². The molecular weight excluding hydrogens is 502 g/mol. The van der Waals surface area contributed by atoms with Crippen LogP contribution in [0.4, 0.5) is 10.5 Å². The van der Waals surface area contributed by atoms with Gasteiger partial charge in [-0.3, -0.25) is 24.5 Å². The highest BCUT2D eigenvalue weighted by molar-refractivity contribution is 8.04. The zero-order valence-electron chi connectivity index (χ0n) is 20.7. The molecule has 0 spiro atoms. The van der Waals surface area contributed by atoms with Crippen LogP contribution in [-0.2, 0) is 9.59 Å². The number of anilines is 1. The molecule has 0 radical (unpaired) electrons. The van der Waals surface area contributed by atoms with Crippen molar-refractivity contribution in [2.75, 3.05) is 11.4 Å². The summed E-state index contributed by atoms with van der Waals surface area (Å²) in [5.41, 5.74) is 3.06. The van der Waals surface area contributed by atoms with Crippen LogP contribution in [0.2, 0.25) is 0 Å². The number of nitrogens with zero attached hydrogens (tertiary/aromatic N) is 3. The van der Waals surface area contributed by atoms with E-state index in [-0.39, 0.29) is 47.3 Å². The number of hydrogen-bond donors (Lipinski definition) is 4. The first-order valence-electron chi connectivity index (χ1n) is 12.9. The van der Waals surface area contributed by atoms with E-state index in [1.54, 1.807) is 18.6 Å². The van der Waals surface area contributed by atoms with Crippen molar-refractivity contribution in [2.45, 2.75) is 49.2 Å². The second-order valence-corrected chi connectivity index (χ2v) is 11.0. The summed E-state index contributed by atoms with van der Waals surface area (Å²) in [4.78, 5) is 49.9. The number of rotatable bonds is 6. The molecule has 11 heteroatoms. The second kappa shape index (κ2) is 10.2. The first-order valence-corrected chi connectivity index (χ1v) is 13.8. The van der Waals surface area contributed by atoms with Gasteiger partial charge in [0, 0.05) is 53.5 Å². The second-order valence-electron chi connectivity index (χ2n) is 9.89. The van der Waals surface area contributed by atoms with Crippen LogP contribution >= 0.6 is 11.8 Å². The van der Waals surface area contributed by atoms with E-state index in [4.69, 9.17) is 0 Å². The zero-order valence-corrected chi connectivity index (χ0v) is 21.5. The minimum absolute atomic E-state index is 0.0212. The Balaban J connectivity index is 1.26. The maximum absolute atomic E-state index is 13.5. The molecule has 3 fully saturated rings. The van der Waals surface area contributed by atoms with Crippen LogP contribution in [0, 0.1) is 5.92 Å². The fourth-order valence-corrected chi connectivity index (χ4v) is 7.34. The van der Waals surface area contributed by atoms with Crippen LogP contribution < -0.4 is 26.2 Å². The molecule has 4 amide bonds. The third-order valence-electron chi connectivity index (χ3n) is 7.67. The van der Waals surface area contributed by atoms with Gasteiger partial charge in [0.05, 0.1) is 22.0 Å². The minimum atomic E-state index is -0.255. The predicted molar refractivity (Wildman–Crippen MR) is 145 cm³/mol. The molecule has 1 aliphatic carbocycles. The Hall–Kier alpha value is -3.70. The highest BCUT2D eigenvalue weighted by atomic mass is 32.2. The molecule has 4 N–H and O–H groups in total. The van der Waals surface area contributed by atoms with Gasteiger partial charge in [0.2, 0.25) is 5.91 Å². The lowest BCUT2D eigenvalue weighted by Gasteiger charge is -2.45. The van der Waals surface area contributed by atoms with Crippen molar-refractivity contribution < 1.29 is 14.4 Å². The molecule has 1 saturated carbocycles. The number of aromatic nitrogens is 2. The van der Waals surface area contributed by atoms with E-state index in [1.807, 2.05) is 29.2 Å². The number of thioether (sulfide) groups is 1. The van der Waals surface area contributed by atoms with Crippen LogP contribution in [0.25, 0.3) is 11.3 Å². The Bertz CT molecular complexity index is 1320. The first-order chi connectivity index (χ1) is 18.5. The van der Waals surface area contributed by atoms with Crippen molar-refractivity contribution in [3.8, 4) is 11.3 Å². The third kappa shape index (κ3) is 4.45. The molecular formula is C27H29N7O3S. The Labute approximate surface area is 224 Å². The van der Waals surface area contributed by atoms with Crippen LogP contribution in [-0.4, -0.2) is 57.9 Å². The normalized spacial score (nSPS) is 27.9. The lowest BCUT2D eigenvalue weighted by atomic mass is 9.86. The van der Waals surface area contributed by atoms with Gasteiger partial charge < -0.3 is 21.3 Å². The topological polar surface area (TPSA) is 128 Å². The van der Waals surface area contributed by atoms with Crippen molar-refractivity contribution in [1.82, 2.24) is 31.2 Å². The number of carbonyl (C=O) groups is 3. The van der Waals surface area contributed by atoms with Crippen LogP contribution in [0.3, 0.4) is 0 Å². The molecule has 5 heterocycles. The quantitative estimate of drug-likeness (QED) is 0.421. The average molecular weight is 532 g/mol. The number of pyridine rings is 2. The lowest BCUT2D eigenvalue weighted by molar-refractivity contribution is -0.119. The van der Waals surface area contributed by atoms with Crippen molar-refractivity contribution in [3.05, 3.63) is 66.1 Å². The molecule has 2 aromatic rings. The summed E-state index contributed by atoms with van der Waals surface area (Å²) in [6.45, 7) is 4.25. The standard InChI is InChI=1S/C27H29N7O3S/c1-2-21(35)31-17-6-3-7-18(17)32-25(36)24-23-22-20(9-12-30-26(22)38-24)34(27(37)33-23)16-8-11-29-19(13-16)15-5-4-10-28-14-15/h2,4-5,8,10-11,13-14,17-18,20,22,26,30H,1,3,6-7,9,12H2,(H,31,35)(H,32,36)(H,33,37)/t17-,18+,20?,22?,26?/m0/s1. The highest BCUT2D eigenvalue weighted by Gasteiger charge is 2.52.